The summed E-state index contributed by atoms with van der Waals surface area (Å²) in [5.41, 5.74) is 8.19. The van der Waals surface area contributed by atoms with Crippen molar-refractivity contribution in [3.63, 3.8) is 0 Å². The third kappa shape index (κ3) is 2.85. The van der Waals surface area contributed by atoms with E-state index in [0.29, 0.717) is 22.4 Å². The van der Waals surface area contributed by atoms with E-state index < -0.39 is 5.54 Å². The van der Waals surface area contributed by atoms with Crippen molar-refractivity contribution in [2.24, 2.45) is 5.73 Å². The summed E-state index contributed by atoms with van der Waals surface area (Å²) in [6.45, 7) is 0. The van der Waals surface area contributed by atoms with Crippen LogP contribution in [-0.2, 0) is 5.54 Å². The van der Waals surface area contributed by atoms with Gasteiger partial charge in [-0.3, -0.25) is 5.10 Å². The molecular weight excluding hydrogens is 337 g/mol. The molecular formula is C15H15Cl2N5O. The molecule has 1 aliphatic rings. The first-order chi connectivity index (χ1) is 10.6. The van der Waals surface area contributed by atoms with Gasteiger partial charge in [-0.05, 0) is 37.5 Å². The minimum absolute atomic E-state index is 0. The van der Waals surface area contributed by atoms with Gasteiger partial charge in [0, 0.05) is 10.6 Å². The van der Waals surface area contributed by atoms with Crippen LogP contribution in [0.25, 0.3) is 22.8 Å². The summed E-state index contributed by atoms with van der Waals surface area (Å²) >= 11 is 5.89. The molecule has 3 aromatic rings. The van der Waals surface area contributed by atoms with Gasteiger partial charge in [0.2, 0.25) is 0 Å². The lowest BCUT2D eigenvalue weighted by Crippen LogP contribution is -2.44. The molecule has 3 N–H and O–H groups in total. The van der Waals surface area contributed by atoms with Crippen molar-refractivity contribution in [1.82, 2.24) is 20.3 Å². The number of H-pyrrole nitrogens is 1. The summed E-state index contributed by atoms with van der Waals surface area (Å²) in [5, 5.41) is 11.9. The van der Waals surface area contributed by atoms with Gasteiger partial charge in [0.1, 0.15) is 5.69 Å². The van der Waals surface area contributed by atoms with Crippen molar-refractivity contribution in [3.8, 4) is 22.8 Å². The Balaban J connectivity index is 0.00000156. The van der Waals surface area contributed by atoms with Gasteiger partial charge in [0.05, 0.1) is 11.2 Å². The summed E-state index contributed by atoms with van der Waals surface area (Å²) in [5.74, 6) is 0.968. The molecule has 120 valence electrons. The van der Waals surface area contributed by atoms with Crippen molar-refractivity contribution in [3.05, 3.63) is 41.2 Å². The molecule has 0 saturated heterocycles. The zero-order valence-corrected chi connectivity index (χ0v) is 13.7. The molecule has 2 aromatic heterocycles. The second-order valence-corrected chi connectivity index (χ2v) is 6.04. The summed E-state index contributed by atoms with van der Waals surface area (Å²) in [6.07, 6.45) is 2.89. The largest absolute Gasteiger partial charge is 0.332 e. The average Bonchev–Trinajstić information content (AvgIpc) is 3.14. The molecule has 23 heavy (non-hydrogen) atoms. The fourth-order valence-electron chi connectivity index (χ4n) is 2.52. The van der Waals surface area contributed by atoms with Crippen LogP contribution in [0.5, 0.6) is 0 Å². The van der Waals surface area contributed by atoms with Crippen LogP contribution in [0, 0.1) is 0 Å². The van der Waals surface area contributed by atoms with Crippen LogP contribution < -0.4 is 5.73 Å². The molecule has 0 spiro atoms. The number of benzene rings is 1. The highest BCUT2D eigenvalue weighted by molar-refractivity contribution is 6.30. The van der Waals surface area contributed by atoms with Crippen molar-refractivity contribution in [1.29, 1.82) is 0 Å². The van der Waals surface area contributed by atoms with Gasteiger partial charge in [-0.2, -0.15) is 10.1 Å². The molecule has 1 saturated carbocycles. The predicted octanol–water partition coefficient (Wildman–Crippen LogP) is 3.54. The quantitative estimate of drug-likeness (QED) is 0.752. The maximum atomic E-state index is 6.20. The topological polar surface area (TPSA) is 93.6 Å². The highest BCUT2D eigenvalue weighted by Gasteiger charge is 2.39. The molecule has 0 radical (unpaired) electrons. The Morgan fingerprint density at radius 1 is 1.22 bits per heavy atom. The first kappa shape index (κ1) is 16.0. The molecule has 0 atom stereocenters. The van der Waals surface area contributed by atoms with Gasteiger partial charge in [0.25, 0.3) is 5.89 Å². The van der Waals surface area contributed by atoms with E-state index in [1.807, 2.05) is 30.3 Å². The monoisotopic (exact) mass is 351 g/mol. The fourth-order valence-corrected chi connectivity index (χ4v) is 2.64. The maximum absolute atomic E-state index is 6.20. The lowest BCUT2D eigenvalue weighted by Gasteiger charge is -2.34. The van der Waals surface area contributed by atoms with E-state index in [1.54, 1.807) is 0 Å². The smallest absolute Gasteiger partial charge is 0.276 e. The third-order valence-corrected chi connectivity index (χ3v) is 4.32. The van der Waals surface area contributed by atoms with E-state index >= 15 is 0 Å². The van der Waals surface area contributed by atoms with Crippen LogP contribution in [0.15, 0.2) is 34.9 Å². The zero-order chi connectivity index (χ0) is 15.2. The Morgan fingerprint density at radius 2 is 1.96 bits per heavy atom. The Morgan fingerprint density at radius 3 is 2.61 bits per heavy atom. The van der Waals surface area contributed by atoms with Crippen LogP contribution in [0.1, 0.15) is 25.1 Å². The highest BCUT2D eigenvalue weighted by Crippen LogP contribution is 2.37. The minimum atomic E-state index is -0.430. The number of aromatic nitrogens is 4. The van der Waals surface area contributed by atoms with Gasteiger partial charge < -0.3 is 10.3 Å². The first-order valence-electron chi connectivity index (χ1n) is 7.09. The standard InChI is InChI=1S/C15H14ClN5O.ClH/c16-10-4-2-9(3-5-10)11-8-12(20-19-11)13-18-14(21-22-13)15(17)6-1-7-15;/h2-5,8H,1,6-7,17H2,(H,19,20);1H. The number of aromatic amines is 1. The first-order valence-corrected chi connectivity index (χ1v) is 7.47. The van der Waals surface area contributed by atoms with Crippen molar-refractivity contribution >= 4 is 24.0 Å². The van der Waals surface area contributed by atoms with Crippen molar-refractivity contribution < 1.29 is 4.52 Å². The lowest BCUT2D eigenvalue weighted by atomic mass is 9.77. The minimum Gasteiger partial charge on any atom is -0.332 e. The van der Waals surface area contributed by atoms with Crippen LogP contribution in [0.4, 0.5) is 0 Å². The number of rotatable bonds is 3. The van der Waals surface area contributed by atoms with E-state index in [0.717, 1.165) is 30.5 Å². The van der Waals surface area contributed by atoms with Crippen LogP contribution in [0.3, 0.4) is 0 Å². The maximum Gasteiger partial charge on any atom is 0.276 e. The average molecular weight is 352 g/mol. The number of nitrogens with one attached hydrogen (secondary N) is 1. The summed E-state index contributed by atoms with van der Waals surface area (Å²) in [4.78, 5) is 4.40. The molecule has 1 fully saturated rings. The third-order valence-electron chi connectivity index (χ3n) is 4.07. The number of nitrogens with zero attached hydrogens (tertiary/aromatic N) is 3. The molecule has 4 rings (SSSR count). The molecule has 0 aliphatic heterocycles. The Hall–Kier alpha value is -1.89. The van der Waals surface area contributed by atoms with Gasteiger partial charge in [-0.25, -0.2) is 0 Å². The zero-order valence-electron chi connectivity index (χ0n) is 12.1. The van der Waals surface area contributed by atoms with Crippen LogP contribution in [0.2, 0.25) is 5.02 Å². The fraction of sp³-hybridized carbons (Fsp3) is 0.267. The SMILES string of the molecule is Cl.NC1(c2noc(-c3cc(-c4ccc(Cl)cc4)n[nH]3)n2)CCC1. The van der Waals surface area contributed by atoms with E-state index in [1.165, 1.54) is 0 Å². The molecule has 8 heteroatoms. The summed E-state index contributed by atoms with van der Waals surface area (Å²) < 4.78 is 5.31. The second-order valence-electron chi connectivity index (χ2n) is 5.61. The molecule has 0 bridgehead atoms. The van der Waals surface area contributed by atoms with Gasteiger partial charge in [0.15, 0.2) is 5.82 Å². The number of hydrogen-bond acceptors (Lipinski definition) is 5. The molecule has 1 aliphatic carbocycles. The van der Waals surface area contributed by atoms with E-state index in [2.05, 4.69) is 20.3 Å². The molecule has 0 unspecified atom stereocenters. The Kier molecular flexibility index (Phi) is 4.14. The van der Waals surface area contributed by atoms with Crippen LogP contribution in [-0.4, -0.2) is 20.3 Å². The van der Waals surface area contributed by atoms with Crippen molar-refractivity contribution in [2.45, 2.75) is 24.8 Å². The van der Waals surface area contributed by atoms with Gasteiger partial charge in [-0.1, -0.05) is 28.9 Å². The summed E-state index contributed by atoms with van der Waals surface area (Å²) in [6, 6.07) is 9.33. The Labute approximate surface area is 143 Å². The molecule has 2 heterocycles. The second kappa shape index (κ2) is 5.96. The van der Waals surface area contributed by atoms with Gasteiger partial charge >= 0.3 is 0 Å². The van der Waals surface area contributed by atoms with E-state index in [9.17, 15) is 0 Å². The van der Waals surface area contributed by atoms with E-state index in [-0.39, 0.29) is 12.4 Å². The van der Waals surface area contributed by atoms with Crippen molar-refractivity contribution in [2.75, 3.05) is 0 Å². The van der Waals surface area contributed by atoms with E-state index in [4.69, 9.17) is 21.9 Å². The lowest BCUT2D eigenvalue weighted by molar-refractivity contribution is 0.229. The number of nitrogens with two attached hydrogens (primary N) is 1. The van der Waals surface area contributed by atoms with Gasteiger partial charge in [-0.15, -0.1) is 12.4 Å². The van der Waals surface area contributed by atoms with Crippen LogP contribution >= 0.6 is 24.0 Å². The highest BCUT2D eigenvalue weighted by atomic mass is 35.5. The number of halogens is 2. The normalized spacial score (nSPS) is 15.7. The molecule has 0 amide bonds. The predicted molar refractivity (Wildman–Crippen MR) is 89.3 cm³/mol. The molecule has 1 aromatic carbocycles. The number of hydrogen-bond donors (Lipinski definition) is 2. The molecule has 6 nitrogen and oxygen atoms in total. The summed E-state index contributed by atoms with van der Waals surface area (Å²) in [7, 11) is 0. The Bertz CT molecular complexity index is 807.